The number of hydrogen-bond donors (Lipinski definition) is 2. The summed E-state index contributed by atoms with van der Waals surface area (Å²) in [5.41, 5.74) is -3.27. The Bertz CT molecular complexity index is 532. The predicted molar refractivity (Wildman–Crippen MR) is 75.2 cm³/mol. The van der Waals surface area contributed by atoms with Gasteiger partial charge in [-0.2, -0.15) is 13.2 Å². The average Bonchev–Trinajstić information content (AvgIpc) is 2.73. The van der Waals surface area contributed by atoms with Gasteiger partial charge in [-0.3, -0.25) is 4.79 Å². The van der Waals surface area contributed by atoms with E-state index in [0.717, 1.165) is 8.66 Å². The van der Waals surface area contributed by atoms with E-state index in [1.54, 1.807) is 5.32 Å². The first kappa shape index (κ1) is 18.0. The Balaban J connectivity index is 2.54. The lowest BCUT2D eigenvalue weighted by Gasteiger charge is -2.28. The zero-order valence-electron chi connectivity index (χ0n) is 11.0. The van der Waals surface area contributed by atoms with Crippen LogP contribution in [0.3, 0.4) is 0 Å². The van der Waals surface area contributed by atoms with Crippen LogP contribution in [0.4, 0.5) is 13.2 Å². The molecule has 9 heteroatoms. The maximum atomic E-state index is 12.7. The second-order valence-electron chi connectivity index (χ2n) is 4.54. The normalized spacial score (nSPS) is 14.5. The lowest BCUT2D eigenvalue weighted by atomic mass is 10.0. The molecule has 1 heterocycles. The van der Waals surface area contributed by atoms with Crippen molar-refractivity contribution in [2.24, 2.45) is 0 Å². The molecule has 4 nitrogen and oxygen atoms in total. The summed E-state index contributed by atoms with van der Waals surface area (Å²) in [5.74, 6) is -3.07. The molecule has 2 N–H and O–H groups in total. The zero-order chi connectivity index (χ0) is 16.3. The average molecular weight is 388 g/mol. The van der Waals surface area contributed by atoms with Crippen molar-refractivity contribution < 1.29 is 27.9 Å². The van der Waals surface area contributed by atoms with E-state index in [4.69, 9.17) is 5.11 Å². The fourth-order valence-corrected chi connectivity index (χ4v) is 3.02. The van der Waals surface area contributed by atoms with E-state index < -0.39 is 23.6 Å². The fraction of sp³-hybridized carbons (Fsp3) is 0.500. The van der Waals surface area contributed by atoms with Crippen molar-refractivity contribution in [3.05, 3.63) is 20.8 Å². The minimum atomic E-state index is -5.06. The number of carbonyl (C=O) groups excluding carboxylic acids is 1. The summed E-state index contributed by atoms with van der Waals surface area (Å²) in [6.45, 7) is 0.434. The van der Waals surface area contributed by atoms with Gasteiger partial charge in [0.15, 0.2) is 0 Å². The number of amides is 1. The van der Waals surface area contributed by atoms with Crippen molar-refractivity contribution in [1.29, 1.82) is 0 Å². The number of rotatable bonds is 6. The smallest absolute Gasteiger partial charge is 0.422 e. The Morgan fingerprint density at radius 2 is 2.00 bits per heavy atom. The molecule has 1 atom stereocenters. The van der Waals surface area contributed by atoms with Gasteiger partial charge in [0, 0.05) is 11.3 Å². The molecule has 21 heavy (non-hydrogen) atoms. The monoisotopic (exact) mass is 387 g/mol. The van der Waals surface area contributed by atoms with Crippen LogP contribution >= 0.6 is 27.3 Å². The molecule has 0 saturated carbocycles. The van der Waals surface area contributed by atoms with Crippen LogP contribution in [0.25, 0.3) is 0 Å². The summed E-state index contributed by atoms with van der Waals surface area (Å²) in [6, 6.07) is 3.69. The third kappa shape index (κ3) is 4.70. The Kier molecular flexibility index (Phi) is 5.80. The van der Waals surface area contributed by atoms with Crippen molar-refractivity contribution in [2.75, 3.05) is 0 Å². The third-order valence-corrected chi connectivity index (χ3v) is 4.52. The molecular weight excluding hydrogens is 375 g/mol. The van der Waals surface area contributed by atoms with E-state index in [1.807, 2.05) is 12.1 Å². The molecule has 0 aromatic carbocycles. The van der Waals surface area contributed by atoms with Gasteiger partial charge >= 0.3 is 12.1 Å². The van der Waals surface area contributed by atoms with Crippen molar-refractivity contribution in [3.8, 4) is 0 Å². The van der Waals surface area contributed by atoms with Gasteiger partial charge < -0.3 is 10.4 Å². The highest BCUT2D eigenvalue weighted by Crippen LogP contribution is 2.30. The van der Waals surface area contributed by atoms with Crippen LogP contribution in [-0.4, -0.2) is 28.7 Å². The highest BCUT2D eigenvalue weighted by Gasteiger charge is 2.58. The SMILES string of the molecule is CC(NC(=O)CCCc1ccc(Br)s1)(C(=O)O)C(F)(F)F. The molecule has 0 fully saturated rings. The van der Waals surface area contributed by atoms with Crippen LogP contribution in [-0.2, 0) is 16.0 Å². The third-order valence-electron chi connectivity index (χ3n) is 2.84. The van der Waals surface area contributed by atoms with E-state index in [9.17, 15) is 22.8 Å². The van der Waals surface area contributed by atoms with Crippen LogP contribution in [0.5, 0.6) is 0 Å². The molecule has 118 valence electrons. The summed E-state index contributed by atoms with van der Waals surface area (Å²) < 4.78 is 39.0. The Labute approximate surface area is 131 Å². The molecule has 0 radical (unpaired) electrons. The molecule has 0 aliphatic rings. The maximum Gasteiger partial charge on any atom is 0.422 e. The van der Waals surface area contributed by atoms with E-state index >= 15 is 0 Å². The van der Waals surface area contributed by atoms with E-state index in [2.05, 4.69) is 15.9 Å². The number of aliphatic carboxylic acids is 1. The lowest BCUT2D eigenvalue weighted by molar-refractivity contribution is -0.207. The lowest BCUT2D eigenvalue weighted by Crippen LogP contribution is -2.61. The number of carboxylic acid groups (broad SMARTS) is 1. The topological polar surface area (TPSA) is 66.4 Å². The van der Waals surface area contributed by atoms with E-state index in [-0.39, 0.29) is 6.42 Å². The van der Waals surface area contributed by atoms with Crippen LogP contribution < -0.4 is 5.32 Å². The number of nitrogens with one attached hydrogen (secondary N) is 1. The zero-order valence-corrected chi connectivity index (χ0v) is 13.4. The van der Waals surface area contributed by atoms with Crippen molar-refractivity contribution in [3.63, 3.8) is 0 Å². The van der Waals surface area contributed by atoms with Crippen LogP contribution in [0.15, 0.2) is 15.9 Å². The summed E-state index contributed by atoms with van der Waals surface area (Å²) in [7, 11) is 0. The van der Waals surface area contributed by atoms with Crippen LogP contribution in [0.2, 0.25) is 0 Å². The molecular formula is C12H13BrF3NO3S. The van der Waals surface area contributed by atoms with Crippen molar-refractivity contribution in [1.82, 2.24) is 5.32 Å². The molecule has 1 unspecified atom stereocenters. The van der Waals surface area contributed by atoms with Gasteiger partial charge in [-0.1, -0.05) is 0 Å². The van der Waals surface area contributed by atoms with Gasteiger partial charge in [0.25, 0.3) is 0 Å². The number of halogens is 4. The minimum Gasteiger partial charge on any atom is -0.479 e. The summed E-state index contributed by atoms with van der Waals surface area (Å²) in [5, 5.41) is 10.2. The highest BCUT2D eigenvalue weighted by atomic mass is 79.9. The summed E-state index contributed by atoms with van der Waals surface area (Å²) in [6.07, 6.45) is -4.35. The number of carboxylic acids is 1. The minimum absolute atomic E-state index is 0.172. The van der Waals surface area contributed by atoms with Gasteiger partial charge in [0.1, 0.15) is 0 Å². The Morgan fingerprint density at radius 1 is 1.38 bits per heavy atom. The maximum absolute atomic E-state index is 12.7. The van der Waals surface area contributed by atoms with Crippen molar-refractivity contribution in [2.45, 2.75) is 37.9 Å². The molecule has 1 rings (SSSR count). The molecule has 1 amide bonds. The van der Waals surface area contributed by atoms with Crippen LogP contribution in [0, 0.1) is 0 Å². The van der Waals surface area contributed by atoms with Gasteiger partial charge in [-0.05, 0) is 47.8 Å². The molecule has 0 spiro atoms. The Hall–Kier alpha value is -1.09. The van der Waals surface area contributed by atoms with Crippen molar-refractivity contribution >= 4 is 39.1 Å². The summed E-state index contributed by atoms with van der Waals surface area (Å²) in [4.78, 5) is 23.3. The number of alkyl halides is 3. The second kappa shape index (κ2) is 6.78. The molecule has 1 aromatic rings. The standard InChI is InChI=1S/C12H13BrF3NO3S/c1-11(10(19)20,12(14,15)16)17-9(18)4-2-3-7-5-6-8(13)21-7/h5-6H,2-4H2,1H3,(H,17,18)(H,19,20). The second-order valence-corrected chi connectivity index (χ2v) is 7.08. The first-order valence-corrected chi connectivity index (χ1v) is 7.52. The van der Waals surface area contributed by atoms with Gasteiger partial charge in [-0.25, -0.2) is 4.79 Å². The van der Waals surface area contributed by atoms with Gasteiger partial charge in [0.2, 0.25) is 11.4 Å². The molecule has 0 bridgehead atoms. The first-order valence-electron chi connectivity index (χ1n) is 5.91. The molecule has 0 aliphatic heterocycles. The molecule has 0 aliphatic carbocycles. The predicted octanol–water partition coefficient (Wildman–Crippen LogP) is 3.36. The van der Waals surface area contributed by atoms with Gasteiger partial charge in [-0.15, -0.1) is 11.3 Å². The van der Waals surface area contributed by atoms with E-state index in [1.165, 1.54) is 11.3 Å². The quantitative estimate of drug-likeness (QED) is 0.786. The number of hydrogen-bond acceptors (Lipinski definition) is 3. The number of carbonyl (C=O) groups is 2. The molecule has 0 saturated heterocycles. The molecule has 1 aromatic heterocycles. The fourth-order valence-electron chi connectivity index (χ4n) is 1.50. The summed E-state index contributed by atoms with van der Waals surface area (Å²) >= 11 is 4.75. The number of thiophene rings is 1. The largest absolute Gasteiger partial charge is 0.479 e. The first-order chi connectivity index (χ1) is 9.56. The Morgan fingerprint density at radius 3 is 2.43 bits per heavy atom. The highest BCUT2D eigenvalue weighted by molar-refractivity contribution is 9.11. The van der Waals surface area contributed by atoms with Crippen LogP contribution in [0.1, 0.15) is 24.6 Å². The van der Waals surface area contributed by atoms with Gasteiger partial charge in [0.05, 0.1) is 3.79 Å². The van der Waals surface area contributed by atoms with E-state index in [0.29, 0.717) is 19.8 Å². The number of aryl methyl sites for hydroxylation is 1.